The van der Waals surface area contributed by atoms with Crippen molar-refractivity contribution in [2.45, 2.75) is 71.8 Å². The number of nitrogens with zero attached hydrogens (tertiary/aromatic N) is 6. The number of unbranched alkanes of at least 4 members (excludes halogenated alkanes) is 6. The predicted octanol–water partition coefficient (Wildman–Crippen LogP) is 5.98. The van der Waals surface area contributed by atoms with E-state index >= 15 is 0 Å². The first-order valence-electron chi connectivity index (χ1n) is 12.6. The molecule has 3 aromatic rings. The van der Waals surface area contributed by atoms with Crippen LogP contribution in [0.25, 0.3) is 5.69 Å². The molecule has 174 valence electrons. The number of rotatable bonds is 12. The van der Waals surface area contributed by atoms with Crippen molar-refractivity contribution in [2.75, 3.05) is 18.0 Å². The van der Waals surface area contributed by atoms with Gasteiger partial charge in [-0.15, -0.1) is 10.2 Å². The Hall–Kier alpha value is -3.02. The molecule has 4 rings (SSSR count). The second kappa shape index (κ2) is 11.7. The maximum Gasteiger partial charge on any atom is 0.159 e. The van der Waals surface area contributed by atoms with Gasteiger partial charge in [0.1, 0.15) is 24.4 Å². The third kappa shape index (κ3) is 5.67. The zero-order chi connectivity index (χ0) is 22.9. The second-order valence-electron chi connectivity index (χ2n) is 8.79. The Labute approximate surface area is 197 Å². The summed E-state index contributed by atoms with van der Waals surface area (Å²) < 4.78 is 2.03. The maximum atomic E-state index is 5.23. The molecule has 6 heteroatoms. The smallest absolute Gasteiger partial charge is 0.159 e. The van der Waals surface area contributed by atoms with Crippen molar-refractivity contribution in [1.29, 1.82) is 0 Å². The normalized spacial score (nSPS) is 12.6. The molecule has 33 heavy (non-hydrogen) atoms. The number of aliphatic imine (C=N–C) groups is 1. The third-order valence-electron chi connectivity index (χ3n) is 6.27. The Morgan fingerprint density at radius 3 is 2.27 bits per heavy atom. The van der Waals surface area contributed by atoms with Crippen LogP contribution in [-0.4, -0.2) is 38.5 Å². The molecule has 0 N–H and O–H groups in total. The summed E-state index contributed by atoms with van der Waals surface area (Å²) in [6.07, 6.45) is 11.8. The zero-order valence-corrected chi connectivity index (χ0v) is 20.1. The molecule has 0 amide bonds. The van der Waals surface area contributed by atoms with E-state index < -0.39 is 0 Å². The SMILES string of the molecule is CCCCCCN(CCCCCC)c1ccc2c(n1)C(c1ccccc1)=NCc1nncn1-2. The molecule has 0 bridgehead atoms. The molecule has 6 nitrogen and oxygen atoms in total. The highest BCUT2D eigenvalue weighted by atomic mass is 15.3. The summed E-state index contributed by atoms with van der Waals surface area (Å²) in [5.41, 5.74) is 3.91. The van der Waals surface area contributed by atoms with E-state index in [2.05, 4.69) is 65.3 Å². The molecule has 1 aromatic carbocycles. The Kier molecular flexibility index (Phi) is 8.23. The van der Waals surface area contributed by atoms with Gasteiger partial charge in [0.15, 0.2) is 5.82 Å². The molecule has 0 saturated heterocycles. The van der Waals surface area contributed by atoms with Gasteiger partial charge in [-0.05, 0) is 25.0 Å². The molecule has 1 aliphatic heterocycles. The summed E-state index contributed by atoms with van der Waals surface area (Å²) in [5, 5.41) is 8.41. The number of pyridine rings is 1. The van der Waals surface area contributed by atoms with E-state index in [-0.39, 0.29) is 0 Å². The highest BCUT2D eigenvalue weighted by Gasteiger charge is 2.22. The van der Waals surface area contributed by atoms with E-state index in [1.54, 1.807) is 6.33 Å². The van der Waals surface area contributed by atoms with Gasteiger partial charge >= 0.3 is 0 Å². The van der Waals surface area contributed by atoms with Crippen molar-refractivity contribution < 1.29 is 0 Å². The lowest BCUT2D eigenvalue weighted by Gasteiger charge is -2.25. The van der Waals surface area contributed by atoms with Crippen molar-refractivity contribution in [3.8, 4) is 5.69 Å². The molecule has 0 atom stereocenters. The van der Waals surface area contributed by atoms with Gasteiger partial charge in [-0.3, -0.25) is 9.56 Å². The fourth-order valence-electron chi connectivity index (χ4n) is 4.40. The highest BCUT2D eigenvalue weighted by molar-refractivity contribution is 6.14. The standard InChI is InChI=1S/C27H36N6/c1-3-5-7-12-18-32(19-13-8-6-4-2)24-17-16-23-27(30-24)26(22-14-10-9-11-15-22)28-20-25-31-29-21-33(23)25/h9-11,14-17,21H,3-8,12-13,18-20H2,1-2H3. The first kappa shape index (κ1) is 23.1. The summed E-state index contributed by atoms with van der Waals surface area (Å²) in [6, 6.07) is 14.7. The van der Waals surface area contributed by atoms with Gasteiger partial charge in [-0.25, -0.2) is 4.98 Å². The lowest BCUT2D eigenvalue weighted by atomic mass is 10.1. The number of aromatic nitrogens is 4. The topological polar surface area (TPSA) is 59.2 Å². The summed E-state index contributed by atoms with van der Waals surface area (Å²) in [7, 11) is 0. The summed E-state index contributed by atoms with van der Waals surface area (Å²) in [5.74, 6) is 1.88. The minimum absolute atomic E-state index is 0.494. The fourth-order valence-corrected chi connectivity index (χ4v) is 4.40. The molecule has 0 aliphatic carbocycles. The van der Waals surface area contributed by atoms with Crippen molar-refractivity contribution in [2.24, 2.45) is 4.99 Å². The Morgan fingerprint density at radius 2 is 1.58 bits per heavy atom. The fraction of sp³-hybridized carbons (Fsp3) is 0.481. The van der Waals surface area contributed by atoms with E-state index in [4.69, 9.17) is 9.98 Å². The van der Waals surface area contributed by atoms with Crippen LogP contribution in [0, 0.1) is 0 Å². The van der Waals surface area contributed by atoms with Gasteiger partial charge < -0.3 is 4.90 Å². The van der Waals surface area contributed by atoms with Crippen LogP contribution in [-0.2, 0) is 6.54 Å². The van der Waals surface area contributed by atoms with Crippen LogP contribution in [0.15, 0.2) is 53.8 Å². The van der Waals surface area contributed by atoms with Crippen molar-refractivity contribution in [3.05, 3.63) is 65.9 Å². The Bertz CT molecular complexity index is 1030. The second-order valence-corrected chi connectivity index (χ2v) is 8.79. The first-order chi connectivity index (χ1) is 16.3. The van der Waals surface area contributed by atoms with Crippen LogP contribution >= 0.6 is 0 Å². The molecule has 1 aliphatic rings. The number of hydrogen-bond donors (Lipinski definition) is 0. The first-order valence-corrected chi connectivity index (χ1v) is 12.6. The van der Waals surface area contributed by atoms with E-state index in [9.17, 15) is 0 Å². The molecule has 3 heterocycles. The molecule has 0 spiro atoms. The molecular weight excluding hydrogens is 408 g/mol. The number of benzene rings is 1. The van der Waals surface area contributed by atoms with E-state index in [1.807, 2.05) is 10.6 Å². The molecule has 0 radical (unpaired) electrons. The Morgan fingerprint density at radius 1 is 0.848 bits per heavy atom. The van der Waals surface area contributed by atoms with Crippen LogP contribution < -0.4 is 4.90 Å². The van der Waals surface area contributed by atoms with Crippen LogP contribution in [0.4, 0.5) is 5.82 Å². The number of anilines is 1. The number of hydrogen-bond acceptors (Lipinski definition) is 5. The minimum Gasteiger partial charge on any atom is -0.357 e. The molecular formula is C27H36N6. The summed E-state index contributed by atoms with van der Waals surface area (Å²) in [6.45, 7) is 7.12. The third-order valence-corrected chi connectivity index (χ3v) is 6.27. The number of fused-ring (bicyclic) bond motifs is 3. The van der Waals surface area contributed by atoms with Gasteiger partial charge in [0.05, 0.1) is 11.4 Å². The van der Waals surface area contributed by atoms with Gasteiger partial charge in [0.25, 0.3) is 0 Å². The van der Waals surface area contributed by atoms with Gasteiger partial charge in [-0.1, -0.05) is 82.7 Å². The largest absolute Gasteiger partial charge is 0.357 e. The molecule has 0 saturated carbocycles. The van der Waals surface area contributed by atoms with Crippen LogP contribution in [0.3, 0.4) is 0 Å². The van der Waals surface area contributed by atoms with Crippen molar-refractivity contribution in [3.63, 3.8) is 0 Å². The summed E-state index contributed by atoms with van der Waals surface area (Å²) in [4.78, 5) is 12.6. The highest BCUT2D eigenvalue weighted by Crippen LogP contribution is 2.26. The van der Waals surface area contributed by atoms with E-state index in [0.29, 0.717) is 6.54 Å². The lowest BCUT2D eigenvalue weighted by Crippen LogP contribution is -2.27. The van der Waals surface area contributed by atoms with Gasteiger partial charge in [0.2, 0.25) is 0 Å². The molecule has 2 aromatic heterocycles. The predicted molar refractivity (Wildman–Crippen MR) is 135 cm³/mol. The average Bonchev–Trinajstić information content (AvgIpc) is 3.26. The Balaban J connectivity index is 1.68. The van der Waals surface area contributed by atoms with E-state index in [1.165, 1.54) is 51.4 Å². The van der Waals surface area contributed by atoms with Crippen LogP contribution in [0.1, 0.15) is 82.3 Å². The minimum atomic E-state index is 0.494. The van der Waals surface area contributed by atoms with Gasteiger partial charge in [-0.2, -0.15) is 0 Å². The van der Waals surface area contributed by atoms with Crippen LogP contribution in [0.2, 0.25) is 0 Å². The average molecular weight is 445 g/mol. The lowest BCUT2D eigenvalue weighted by molar-refractivity contribution is 0.605. The van der Waals surface area contributed by atoms with Crippen LogP contribution in [0.5, 0.6) is 0 Å². The van der Waals surface area contributed by atoms with Crippen molar-refractivity contribution in [1.82, 2.24) is 19.7 Å². The monoisotopic (exact) mass is 444 g/mol. The zero-order valence-electron chi connectivity index (χ0n) is 20.1. The van der Waals surface area contributed by atoms with E-state index in [0.717, 1.165) is 47.4 Å². The van der Waals surface area contributed by atoms with Crippen molar-refractivity contribution >= 4 is 11.5 Å². The molecule has 0 unspecified atom stereocenters. The van der Waals surface area contributed by atoms with Gasteiger partial charge in [0, 0.05) is 18.7 Å². The summed E-state index contributed by atoms with van der Waals surface area (Å²) >= 11 is 0. The molecule has 0 fully saturated rings. The maximum absolute atomic E-state index is 5.23. The quantitative estimate of drug-likeness (QED) is 0.322.